The maximum absolute atomic E-state index is 9.38. The molecule has 0 aromatic carbocycles. The molecule has 0 amide bonds. The van der Waals surface area contributed by atoms with Gasteiger partial charge in [-0.15, -0.1) is 0 Å². The van der Waals surface area contributed by atoms with Crippen molar-refractivity contribution in [2.24, 2.45) is 0 Å². The molecule has 1 nitrogen and oxygen atoms in total. The van der Waals surface area contributed by atoms with Gasteiger partial charge in [-0.1, -0.05) is 6.92 Å². The third kappa shape index (κ3) is 3.73. The van der Waals surface area contributed by atoms with Gasteiger partial charge in [0.05, 0.1) is 7.85 Å². The zero-order chi connectivity index (χ0) is 4.28. The summed E-state index contributed by atoms with van der Waals surface area (Å²) in [6.07, 6.45) is 0.694. The lowest BCUT2D eigenvalue weighted by Crippen LogP contribution is -1.81. The van der Waals surface area contributed by atoms with Gasteiger partial charge in [-0.2, -0.15) is 0 Å². The molecular formula is C3H5BO. The van der Waals surface area contributed by atoms with Crippen LogP contribution in [0.4, 0.5) is 0 Å². The molecule has 0 aromatic heterocycles. The summed E-state index contributed by atoms with van der Waals surface area (Å²) in [6, 6.07) is 0. The Morgan fingerprint density at radius 1 is 2.00 bits per heavy atom. The van der Waals surface area contributed by atoms with E-state index in [9.17, 15) is 4.79 Å². The molecule has 0 N–H and O–H groups in total. The van der Waals surface area contributed by atoms with Gasteiger partial charge in [0.15, 0.2) is 0 Å². The fourth-order valence-corrected chi connectivity index (χ4v) is 0. The highest BCUT2D eigenvalue weighted by atomic mass is 16.1. The van der Waals surface area contributed by atoms with Crippen molar-refractivity contribution in [3.63, 3.8) is 0 Å². The van der Waals surface area contributed by atoms with Gasteiger partial charge in [-0.3, -0.25) is 0 Å². The molecular weight excluding hydrogens is 62.8 g/mol. The van der Waals surface area contributed by atoms with E-state index in [0.29, 0.717) is 6.29 Å². The van der Waals surface area contributed by atoms with Gasteiger partial charge in [0.2, 0.25) is 0 Å². The van der Waals surface area contributed by atoms with Crippen LogP contribution in [0.1, 0.15) is 6.92 Å². The van der Waals surface area contributed by atoms with Crippen LogP contribution in [0.15, 0.2) is 0 Å². The van der Waals surface area contributed by atoms with E-state index < -0.39 is 0 Å². The van der Waals surface area contributed by atoms with Gasteiger partial charge < -0.3 is 4.79 Å². The summed E-state index contributed by atoms with van der Waals surface area (Å²) >= 11 is 0. The first-order chi connectivity index (χ1) is 2.27. The molecule has 0 saturated heterocycles. The van der Waals surface area contributed by atoms with Crippen LogP contribution >= 0.6 is 0 Å². The number of hydrogen-bond donors (Lipinski definition) is 0. The highest BCUT2D eigenvalue weighted by Gasteiger charge is 1.79. The van der Waals surface area contributed by atoms with Crippen molar-refractivity contribution in [3.8, 4) is 0 Å². The largest absolute Gasteiger partial charge is 0.304 e. The molecule has 5 heavy (non-hydrogen) atoms. The normalized spacial score (nSPS) is 13.8. The molecule has 0 aliphatic carbocycles. The Labute approximate surface area is 32.8 Å². The Morgan fingerprint density at radius 2 is 2.20 bits per heavy atom. The first-order valence-electron chi connectivity index (χ1n) is 1.48. The van der Waals surface area contributed by atoms with Crippen molar-refractivity contribution in [2.45, 2.75) is 12.7 Å². The Morgan fingerprint density at radius 3 is 2.20 bits per heavy atom. The van der Waals surface area contributed by atoms with Gasteiger partial charge in [0.25, 0.3) is 0 Å². The summed E-state index contributed by atoms with van der Waals surface area (Å²) in [4.78, 5) is 9.38. The first kappa shape index (κ1) is 4.73. The minimum absolute atomic E-state index is 0.296. The molecule has 0 aromatic rings. The van der Waals surface area contributed by atoms with Crippen molar-refractivity contribution in [3.05, 3.63) is 0 Å². The zero-order valence-electron chi connectivity index (χ0n) is 3.14. The fourth-order valence-electron chi connectivity index (χ4n) is 0. The second-order valence-electron chi connectivity index (χ2n) is 0.995. The smallest absolute Gasteiger partial charge is 0.114 e. The SMILES string of the molecule is [B]C(C)C=O. The second-order valence-corrected chi connectivity index (χ2v) is 0.995. The van der Waals surface area contributed by atoms with E-state index in [2.05, 4.69) is 0 Å². The number of hydrogen-bond acceptors (Lipinski definition) is 1. The molecule has 0 bridgehead atoms. The number of aldehydes is 1. The highest BCUT2D eigenvalue weighted by Crippen LogP contribution is 1.81. The third-order valence-corrected chi connectivity index (χ3v) is 0.215. The summed E-state index contributed by atoms with van der Waals surface area (Å²) < 4.78 is 0. The average molecular weight is 67.9 g/mol. The molecule has 0 rings (SSSR count). The topological polar surface area (TPSA) is 17.1 Å². The molecule has 0 spiro atoms. The standard InChI is InChI=1S/C3H5BO/c1-3(4)2-5/h2-3H,1H3. The van der Waals surface area contributed by atoms with E-state index in [4.69, 9.17) is 7.85 Å². The lowest BCUT2D eigenvalue weighted by molar-refractivity contribution is -0.107. The summed E-state index contributed by atoms with van der Waals surface area (Å²) in [5.74, 6) is -0.296. The van der Waals surface area contributed by atoms with Crippen LogP contribution in [0.3, 0.4) is 0 Å². The van der Waals surface area contributed by atoms with Crippen LogP contribution in [-0.4, -0.2) is 14.1 Å². The maximum Gasteiger partial charge on any atom is 0.114 e. The zero-order valence-corrected chi connectivity index (χ0v) is 3.14. The van der Waals surface area contributed by atoms with Gasteiger partial charge in [0, 0.05) is 0 Å². The molecule has 26 valence electrons. The minimum atomic E-state index is -0.296. The maximum atomic E-state index is 9.38. The predicted octanol–water partition coefficient (Wildman–Crippen LogP) is 0.162. The van der Waals surface area contributed by atoms with E-state index in [1.54, 1.807) is 6.92 Å². The van der Waals surface area contributed by atoms with Gasteiger partial charge in [-0.25, -0.2) is 0 Å². The molecule has 2 heteroatoms. The quantitative estimate of drug-likeness (QED) is 0.316. The minimum Gasteiger partial charge on any atom is -0.304 e. The highest BCUT2D eigenvalue weighted by molar-refractivity contribution is 6.19. The van der Waals surface area contributed by atoms with Crippen LogP contribution in [0, 0.1) is 0 Å². The summed E-state index contributed by atoms with van der Waals surface area (Å²) in [5.41, 5.74) is 0. The Bertz CT molecular complexity index is 33.9. The third-order valence-electron chi connectivity index (χ3n) is 0.215. The Hall–Kier alpha value is -0.265. The predicted molar refractivity (Wildman–Crippen MR) is 21.2 cm³/mol. The van der Waals surface area contributed by atoms with E-state index in [0.717, 1.165) is 0 Å². The molecule has 0 aliphatic heterocycles. The molecule has 1 unspecified atom stereocenters. The number of carbonyl (C=O) groups excluding carboxylic acids is 1. The van der Waals surface area contributed by atoms with E-state index in [-0.39, 0.29) is 5.82 Å². The Kier molecular flexibility index (Phi) is 1.90. The lowest BCUT2D eigenvalue weighted by atomic mass is 9.92. The van der Waals surface area contributed by atoms with Gasteiger partial charge in [-0.05, 0) is 5.82 Å². The number of carbonyl (C=O) groups is 1. The van der Waals surface area contributed by atoms with Crippen molar-refractivity contribution in [2.75, 3.05) is 0 Å². The van der Waals surface area contributed by atoms with Gasteiger partial charge >= 0.3 is 0 Å². The lowest BCUT2D eigenvalue weighted by Gasteiger charge is -1.78. The molecule has 0 aliphatic rings. The summed E-state index contributed by atoms with van der Waals surface area (Å²) in [7, 11) is 4.92. The van der Waals surface area contributed by atoms with Crippen LogP contribution < -0.4 is 0 Å². The molecule has 0 fully saturated rings. The molecule has 0 saturated carbocycles. The second kappa shape index (κ2) is 2.00. The molecule has 1 atom stereocenters. The van der Waals surface area contributed by atoms with Gasteiger partial charge in [0.1, 0.15) is 6.29 Å². The molecule has 2 radical (unpaired) electrons. The summed E-state index contributed by atoms with van der Waals surface area (Å²) in [6.45, 7) is 1.63. The van der Waals surface area contributed by atoms with Crippen molar-refractivity contribution < 1.29 is 4.79 Å². The van der Waals surface area contributed by atoms with Crippen LogP contribution in [0.2, 0.25) is 5.82 Å². The van der Waals surface area contributed by atoms with Crippen molar-refractivity contribution >= 4 is 14.1 Å². The average Bonchev–Trinajstić information content (AvgIpc) is 1.38. The molecule has 0 heterocycles. The van der Waals surface area contributed by atoms with Crippen LogP contribution in [0.25, 0.3) is 0 Å². The monoisotopic (exact) mass is 68.0 g/mol. The number of rotatable bonds is 1. The van der Waals surface area contributed by atoms with E-state index in [1.165, 1.54) is 0 Å². The van der Waals surface area contributed by atoms with Crippen LogP contribution in [-0.2, 0) is 4.79 Å². The van der Waals surface area contributed by atoms with Crippen molar-refractivity contribution in [1.82, 2.24) is 0 Å². The Balaban J connectivity index is 2.83. The summed E-state index contributed by atoms with van der Waals surface area (Å²) in [5, 5.41) is 0. The van der Waals surface area contributed by atoms with Crippen molar-refractivity contribution in [1.29, 1.82) is 0 Å². The van der Waals surface area contributed by atoms with E-state index >= 15 is 0 Å². The fraction of sp³-hybridized carbons (Fsp3) is 0.667. The van der Waals surface area contributed by atoms with Crippen LogP contribution in [0.5, 0.6) is 0 Å². The first-order valence-corrected chi connectivity index (χ1v) is 1.48. The van der Waals surface area contributed by atoms with E-state index in [1.807, 2.05) is 0 Å².